The van der Waals surface area contributed by atoms with Gasteiger partial charge in [0, 0.05) is 27.8 Å². The fourth-order valence-electron chi connectivity index (χ4n) is 6.60. The Hall–Kier alpha value is -5.63. The molecule has 322 valence electrons. The predicted octanol–water partition coefficient (Wildman–Crippen LogP) is 9.64. The summed E-state index contributed by atoms with van der Waals surface area (Å²) in [5.74, 6) is -3.17. The van der Waals surface area contributed by atoms with E-state index in [1.807, 2.05) is 6.07 Å². The second-order valence-corrected chi connectivity index (χ2v) is 17.0. The Labute approximate surface area is 360 Å². The summed E-state index contributed by atoms with van der Waals surface area (Å²) in [6.07, 6.45) is 11.2. The van der Waals surface area contributed by atoms with Gasteiger partial charge in [-0.05, 0) is 54.3 Å². The van der Waals surface area contributed by atoms with Crippen LogP contribution in [0.25, 0.3) is 16.8 Å². The number of carbonyl (C=O) groups excluding carboxylic acids is 1. The zero-order valence-electron chi connectivity index (χ0n) is 33.5. The Morgan fingerprint density at radius 2 is 1.76 bits per heavy atom. The topological polar surface area (TPSA) is 144 Å². The molecule has 6 rings (SSSR count). The fourth-order valence-corrected chi connectivity index (χ4v) is 9.06. The number of hydrogen-bond acceptors (Lipinski definition) is 12. The van der Waals surface area contributed by atoms with E-state index in [1.54, 1.807) is 67.6 Å². The zero-order chi connectivity index (χ0) is 44.1. The average molecular weight is 887 g/mol. The van der Waals surface area contributed by atoms with Crippen LogP contribution in [-0.4, -0.2) is 64.0 Å². The van der Waals surface area contributed by atoms with E-state index >= 15 is 4.39 Å². The maximum Gasteiger partial charge on any atom is 0.475 e. The van der Waals surface area contributed by atoms with Crippen LogP contribution < -0.4 is 0 Å². The highest BCUT2D eigenvalue weighted by Gasteiger charge is 2.47. The number of esters is 1. The summed E-state index contributed by atoms with van der Waals surface area (Å²) in [5.41, 5.74) is -0.929. The molecule has 12 nitrogen and oxygen atoms in total. The highest BCUT2D eigenvalue weighted by molar-refractivity contribution is 8.00. The number of nitriles is 1. The Morgan fingerprint density at radius 1 is 1.02 bits per heavy atom. The van der Waals surface area contributed by atoms with Crippen molar-refractivity contribution in [1.82, 2.24) is 14.8 Å². The summed E-state index contributed by atoms with van der Waals surface area (Å²) in [6.45, 7) is 8.50. The van der Waals surface area contributed by atoms with E-state index in [1.165, 1.54) is 59.4 Å². The Bertz CT molecular complexity index is 2510. The van der Waals surface area contributed by atoms with Crippen LogP contribution in [0.5, 0.6) is 0 Å². The molecule has 0 aliphatic carbocycles. The fraction of sp³-hybridized carbons (Fsp3) is 0.244. The zero-order valence-corrected chi connectivity index (χ0v) is 35.2. The van der Waals surface area contributed by atoms with Crippen molar-refractivity contribution in [1.29, 1.82) is 5.26 Å². The molecule has 5 aromatic rings. The SMILES string of the molecule is C=CCOP(=O)(OCC=C)OCc1cccc2cccc(C(=O)OC(Cn3cncn3)(c3ccc(F)cc3F)C(C)SC3COC(C=CC=Cc4ccc(C#N)cc4F)OC3)c12. The number of aromatic nitrogens is 3. The second-order valence-electron chi connectivity index (χ2n) is 13.7. The molecule has 1 aromatic heterocycles. The molecule has 0 radical (unpaired) electrons. The van der Waals surface area contributed by atoms with E-state index in [4.69, 9.17) is 33.0 Å². The maximum atomic E-state index is 16.2. The van der Waals surface area contributed by atoms with Gasteiger partial charge in [-0.1, -0.05) is 66.8 Å². The Morgan fingerprint density at radius 3 is 2.42 bits per heavy atom. The molecule has 1 fully saturated rings. The molecular formula is C45H42F3N4O8PS. The van der Waals surface area contributed by atoms with Crippen LogP contribution in [0.15, 0.2) is 129 Å². The number of allylic oxidation sites excluding steroid dienone is 2. The number of phosphoric ester groups is 1. The molecule has 17 heteroatoms. The monoisotopic (exact) mass is 886 g/mol. The van der Waals surface area contributed by atoms with Gasteiger partial charge in [-0.25, -0.2) is 32.2 Å². The van der Waals surface area contributed by atoms with E-state index in [9.17, 15) is 18.1 Å². The molecule has 2 heterocycles. The van der Waals surface area contributed by atoms with Crippen molar-refractivity contribution in [2.24, 2.45) is 0 Å². The van der Waals surface area contributed by atoms with Gasteiger partial charge in [0.25, 0.3) is 0 Å². The molecule has 0 bridgehead atoms. The molecule has 2 unspecified atom stereocenters. The maximum absolute atomic E-state index is 16.2. The van der Waals surface area contributed by atoms with Crippen LogP contribution in [0.3, 0.4) is 0 Å². The molecule has 2 atom stereocenters. The van der Waals surface area contributed by atoms with Crippen molar-refractivity contribution < 1.29 is 50.3 Å². The molecular weight excluding hydrogens is 845 g/mol. The molecule has 0 saturated carbocycles. The minimum Gasteiger partial charge on any atom is -0.447 e. The van der Waals surface area contributed by atoms with Crippen molar-refractivity contribution in [3.8, 4) is 6.07 Å². The number of phosphoric acid groups is 1. The number of halogens is 3. The van der Waals surface area contributed by atoms with E-state index in [2.05, 4.69) is 23.2 Å². The van der Waals surface area contributed by atoms with Crippen molar-refractivity contribution in [2.75, 3.05) is 26.4 Å². The molecule has 0 N–H and O–H groups in total. The van der Waals surface area contributed by atoms with Crippen LogP contribution >= 0.6 is 19.6 Å². The number of thioether (sulfide) groups is 1. The van der Waals surface area contributed by atoms with Gasteiger partial charge in [-0.2, -0.15) is 10.4 Å². The molecule has 1 aliphatic rings. The molecule has 4 aromatic carbocycles. The third-order valence-corrected chi connectivity index (χ3v) is 12.4. The summed E-state index contributed by atoms with van der Waals surface area (Å²) in [4.78, 5) is 18.8. The lowest BCUT2D eigenvalue weighted by molar-refractivity contribution is -0.146. The van der Waals surface area contributed by atoms with Crippen LogP contribution in [0.1, 0.15) is 39.5 Å². The van der Waals surface area contributed by atoms with Gasteiger partial charge in [-0.15, -0.1) is 24.9 Å². The normalized spacial score (nSPS) is 17.1. The van der Waals surface area contributed by atoms with Crippen molar-refractivity contribution in [2.45, 2.75) is 42.5 Å². The first-order valence-electron chi connectivity index (χ1n) is 19.2. The summed E-state index contributed by atoms with van der Waals surface area (Å²) in [7, 11) is -4.11. The van der Waals surface area contributed by atoms with Gasteiger partial charge in [0.1, 0.15) is 30.1 Å². The van der Waals surface area contributed by atoms with Crippen molar-refractivity contribution >= 4 is 42.4 Å². The molecule has 0 amide bonds. The summed E-state index contributed by atoms with van der Waals surface area (Å²) in [5, 5.41) is 13.1. The molecule has 1 saturated heterocycles. The van der Waals surface area contributed by atoms with Gasteiger partial charge in [0.05, 0.1) is 62.0 Å². The highest BCUT2D eigenvalue weighted by atomic mass is 32.2. The van der Waals surface area contributed by atoms with Crippen LogP contribution in [0.4, 0.5) is 13.2 Å². The summed E-state index contributed by atoms with van der Waals surface area (Å²) < 4.78 is 94.7. The smallest absolute Gasteiger partial charge is 0.447 e. The second kappa shape index (κ2) is 21.4. The van der Waals surface area contributed by atoms with E-state index in [0.29, 0.717) is 21.9 Å². The van der Waals surface area contributed by atoms with Gasteiger partial charge in [0.2, 0.25) is 0 Å². The van der Waals surface area contributed by atoms with Crippen LogP contribution in [-0.2, 0) is 51.1 Å². The Kier molecular flexibility index (Phi) is 15.9. The van der Waals surface area contributed by atoms with Gasteiger partial charge in [-0.3, -0.25) is 13.6 Å². The van der Waals surface area contributed by atoms with E-state index in [-0.39, 0.29) is 61.5 Å². The number of carbonyl (C=O) groups is 1. The Balaban J connectivity index is 1.28. The number of hydrogen-bond donors (Lipinski definition) is 0. The van der Waals surface area contributed by atoms with Crippen molar-refractivity contribution in [3.05, 3.63) is 174 Å². The van der Waals surface area contributed by atoms with Gasteiger partial charge >= 0.3 is 13.8 Å². The molecule has 1 aliphatic heterocycles. The summed E-state index contributed by atoms with van der Waals surface area (Å²) >= 11 is 1.31. The number of benzene rings is 4. The van der Waals surface area contributed by atoms with E-state index in [0.717, 1.165) is 18.2 Å². The van der Waals surface area contributed by atoms with Gasteiger partial charge < -0.3 is 14.2 Å². The lowest BCUT2D eigenvalue weighted by atomic mass is 9.89. The third-order valence-electron chi connectivity index (χ3n) is 9.55. The summed E-state index contributed by atoms with van der Waals surface area (Å²) in [6, 6.07) is 19.3. The lowest BCUT2D eigenvalue weighted by Gasteiger charge is -2.40. The average Bonchev–Trinajstić information content (AvgIpc) is 3.79. The predicted molar refractivity (Wildman–Crippen MR) is 228 cm³/mol. The number of ether oxygens (including phenoxy) is 3. The number of rotatable bonds is 20. The van der Waals surface area contributed by atoms with Gasteiger partial charge in [0.15, 0.2) is 11.9 Å². The minimum absolute atomic E-state index is 0.0770. The quantitative estimate of drug-likeness (QED) is 0.0318. The van der Waals surface area contributed by atoms with Crippen molar-refractivity contribution in [3.63, 3.8) is 0 Å². The molecule has 0 spiro atoms. The highest BCUT2D eigenvalue weighted by Crippen LogP contribution is 2.50. The lowest BCUT2D eigenvalue weighted by Crippen LogP contribution is -2.47. The first kappa shape index (κ1) is 45.9. The number of fused-ring (bicyclic) bond motifs is 1. The first-order chi connectivity index (χ1) is 30.0. The minimum atomic E-state index is -4.11. The first-order valence-corrected chi connectivity index (χ1v) is 21.6. The molecule has 62 heavy (non-hydrogen) atoms. The van der Waals surface area contributed by atoms with Crippen LogP contribution in [0, 0.1) is 28.8 Å². The standard InChI is InChI=1S/C45H42F3N4O8PS/c1-4-20-57-61(54,58-21-5-2)59-25-35-13-8-11-34-12-9-14-38(43(34)35)44(53)60-45(28-52-30-50-29-51-52,39-19-18-36(46)23-41(39)48)31(3)62-37-26-55-42(56-27-37)15-7-6-10-33-17-16-32(24-49)22-40(33)47/h4-19,22-23,29-31,37,42H,1-2,20-21,25-28H2,3H3. The van der Waals surface area contributed by atoms with Crippen LogP contribution in [0.2, 0.25) is 0 Å². The third kappa shape index (κ3) is 11.4. The van der Waals surface area contributed by atoms with E-state index < -0.39 is 48.4 Å². The largest absolute Gasteiger partial charge is 0.475 e. The number of nitrogens with zero attached hydrogens (tertiary/aromatic N) is 4.